The number of aromatic nitrogens is 2. The predicted molar refractivity (Wildman–Crippen MR) is 110 cm³/mol. The predicted octanol–water partition coefficient (Wildman–Crippen LogP) is 4.88. The number of carbonyl (C=O) groups is 1. The van der Waals surface area contributed by atoms with E-state index in [1.54, 1.807) is 31.2 Å². The number of anilines is 1. The Balaban J connectivity index is 1.49. The molecule has 1 N–H and O–H groups in total. The zero-order chi connectivity index (χ0) is 20.1. The number of amides is 1. The summed E-state index contributed by atoms with van der Waals surface area (Å²) in [7, 11) is 0. The molecule has 0 atom stereocenters. The van der Waals surface area contributed by atoms with E-state index in [-0.39, 0.29) is 5.91 Å². The van der Waals surface area contributed by atoms with Gasteiger partial charge in [-0.3, -0.25) is 4.79 Å². The number of benzene rings is 3. The highest BCUT2D eigenvalue weighted by molar-refractivity contribution is 6.06. The van der Waals surface area contributed by atoms with E-state index in [4.69, 9.17) is 9.26 Å². The van der Waals surface area contributed by atoms with Crippen molar-refractivity contribution in [2.75, 3.05) is 5.32 Å². The molecule has 6 nitrogen and oxygen atoms in total. The van der Waals surface area contributed by atoms with Crippen LogP contribution in [0.2, 0.25) is 0 Å². The van der Waals surface area contributed by atoms with Gasteiger partial charge < -0.3 is 14.6 Å². The van der Waals surface area contributed by atoms with E-state index < -0.39 is 0 Å². The zero-order valence-corrected chi connectivity index (χ0v) is 15.8. The summed E-state index contributed by atoms with van der Waals surface area (Å²) in [5.41, 5.74) is 2.81. The second-order valence-electron chi connectivity index (χ2n) is 6.45. The van der Waals surface area contributed by atoms with Crippen LogP contribution < -0.4 is 10.1 Å². The minimum atomic E-state index is -0.251. The molecular formula is C23H19N3O3. The number of nitrogens with zero attached hydrogens (tertiary/aromatic N) is 2. The summed E-state index contributed by atoms with van der Waals surface area (Å²) in [6.07, 6.45) is 0. The van der Waals surface area contributed by atoms with Crippen molar-refractivity contribution in [1.82, 2.24) is 10.1 Å². The standard InChI is InChI=1S/C23H19N3O3/c1-16-24-23(29-26-16)20-12-5-6-13-21(20)25-22(27)18-10-7-11-19(14-18)28-15-17-8-3-2-4-9-17/h2-14H,15H2,1H3,(H,25,27). The van der Waals surface area contributed by atoms with Crippen LogP contribution in [0.15, 0.2) is 83.4 Å². The van der Waals surface area contributed by atoms with Gasteiger partial charge in [0.15, 0.2) is 5.82 Å². The number of rotatable bonds is 6. The van der Waals surface area contributed by atoms with Gasteiger partial charge in [-0.2, -0.15) is 4.98 Å². The number of hydrogen-bond acceptors (Lipinski definition) is 5. The summed E-state index contributed by atoms with van der Waals surface area (Å²) in [5.74, 6) is 1.27. The van der Waals surface area contributed by atoms with Crippen molar-refractivity contribution >= 4 is 11.6 Å². The summed E-state index contributed by atoms with van der Waals surface area (Å²) in [6.45, 7) is 2.18. The van der Waals surface area contributed by atoms with Gasteiger partial charge in [-0.05, 0) is 42.8 Å². The lowest BCUT2D eigenvalue weighted by Gasteiger charge is -2.10. The van der Waals surface area contributed by atoms with Gasteiger partial charge in [0.1, 0.15) is 12.4 Å². The van der Waals surface area contributed by atoms with Crippen LogP contribution in [0.5, 0.6) is 5.75 Å². The quantitative estimate of drug-likeness (QED) is 0.512. The van der Waals surface area contributed by atoms with Crippen LogP contribution in [0.1, 0.15) is 21.7 Å². The third kappa shape index (κ3) is 4.50. The summed E-state index contributed by atoms with van der Waals surface area (Å²) >= 11 is 0. The van der Waals surface area contributed by atoms with E-state index >= 15 is 0 Å². The van der Waals surface area contributed by atoms with Crippen molar-refractivity contribution in [2.24, 2.45) is 0 Å². The van der Waals surface area contributed by atoms with Gasteiger partial charge in [0.2, 0.25) is 0 Å². The first-order valence-electron chi connectivity index (χ1n) is 9.17. The van der Waals surface area contributed by atoms with Gasteiger partial charge in [0.05, 0.1) is 11.3 Å². The van der Waals surface area contributed by atoms with Crippen molar-refractivity contribution < 1.29 is 14.1 Å². The van der Waals surface area contributed by atoms with Gasteiger partial charge in [-0.25, -0.2) is 0 Å². The van der Waals surface area contributed by atoms with Crippen LogP contribution >= 0.6 is 0 Å². The third-order valence-corrected chi connectivity index (χ3v) is 4.28. The highest BCUT2D eigenvalue weighted by Crippen LogP contribution is 2.27. The Hall–Kier alpha value is -3.93. The Morgan fingerprint density at radius 2 is 1.79 bits per heavy atom. The minimum absolute atomic E-state index is 0.251. The maximum atomic E-state index is 12.8. The molecule has 4 rings (SSSR count). The van der Waals surface area contributed by atoms with E-state index in [9.17, 15) is 4.79 Å². The first-order valence-corrected chi connectivity index (χ1v) is 9.17. The fraction of sp³-hybridized carbons (Fsp3) is 0.0870. The molecule has 0 fully saturated rings. The van der Waals surface area contributed by atoms with Gasteiger partial charge in [-0.1, -0.05) is 53.7 Å². The fourth-order valence-electron chi connectivity index (χ4n) is 2.85. The molecule has 0 aliphatic carbocycles. The second kappa shape index (κ2) is 8.39. The fourth-order valence-corrected chi connectivity index (χ4v) is 2.85. The molecule has 6 heteroatoms. The SMILES string of the molecule is Cc1noc(-c2ccccc2NC(=O)c2cccc(OCc3ccccc3)c2)n1. The first kappa shape index (κ1) is 18.4. The average Bonchev–Trinajstić information content (AvgIpc) is 3.20. The molecule has 1 aromatic heterocycles. The van der Waals surface area contributed by atoms with Crippen LogP contribution in [0, 0.1) is 6.92 Å². The molecule has 0 unspecified atom stereocenters. The molecule has 0 aliphatic rings. The molecule has 0 spiro atoms. The number of ether oxygens (including phenoxy) is 1. The van der Waals surface area contributed by atoms with Gasteiger partial charge in [0.25, 0.3) is 11.8 Å². The number of aryl methyl sites for hydroxylation is 1. The summed E-state index contributed by atoms with van der Waals surface area (Å²) in [4.78, 5) is 17.0. The summed E-state index contributed by atoms with van der Waals surface area (Å²) in [6, 6.07) is 24.3. The third-order valence-electron chi connectivity index (χ3n) is 4.28. The molecule has 0 radical (unpaired) electrons. The molecule has 4 aromatic rings. The summed E-state index contributed by atoms with van der Waals surface area (Å²) < 4.78 is 11.1. The topological polar surface area (TPSA) is 77.2 Å². The molecule has 1 heterocycles. The molecule has 0 bridgehead atoms. The Morgan fingerprint density at radius 1 is 1.00 bits per heavy atom. The van der Waals surface area contributed by atoms with Crippen molar-refractivity contribution in [3.05, 3.63) is 95.8 Å². The van der Waals surface area contributed by atoms with E-state index in [1.165, 1.54) is 0 Å². The van der Waals surface area contributed by atoms with Crippen LogP contribution in [-0.2, 0) is 6.61 Å². The number of nitrogens with one attached hydrogen (secondary N) is 1. The van der Waals surface area contributed by atoms with Gasteiger partial charge in [-0.15, -0.1) is 0 Å². The van der Waals surface area contributed by atoms with Crippen molar-refractivity contribution in [1.29, 1.82) is 0 Å². The highest BCUT2D eigenvalue weighted by atomic mass is 16.5. The number of hydrogen-bond donors (Lipinski definition) is 1. The lowest BCUT2D eigenvalue weighted by molar-refractivity contribution is 0.102. The smallest absolute Gasteiger partial charge is 0.260 e. The Labute approximate surface area is 168 Å². The number of para-hydroxylation sites is 1. The first-order chi connectivity index (χ1) is 14.2. The normalized spacial score (nSPS) is 10.5. The molecule has 0 saturated heterocycles. The monoisotopic (exact) mass is 385 g/mol. The van der Waals surface area contributed by atoms with Crippen LogP contribution in [0.3, 0.4) is 0 Å². The van der Waals surface area contributed by atoms with E-state index in [0.717, 1.165) is 5.56 Å². The summed E-state index contributed by atoms with van der Waals surface area (Å²) in [5, 5.41) is 6.73. The van der Waals surface area contributed by atoms with Crippen LogP contribution in [0.4, 0.5) is 5.69 Å². The van der Waals surface area contributed by atoms with E-state index in [0.29, 0.717) is 40.9 Å². The molecular weight excluding hydrogens is 366 g/mol. The zero-order valence-electron chi connectivity index (χ0n) is 15.8. The molecule has 144 valence electrons. The van der Waals surface area contributed by atoms with Crippen LogP contribution in [0.25, 0.3) is 11.5 Å². The van der Waals surface area contributed by atoms with Gasteiger partial charge in [0, 0.05) is 5.56 Å². The van der Waals surface area contributed by atoms with Crippen molar-refractivity contribution in [3.8, 4) is 17.2 Å². The van der Waals surface area contributed by atoms with Crippen molar-refractivity contribution in [3.63, 3.8) is 0 Å². The Kier molecular flexibility index (Phi) is 5.33. The van der Waals surface area contributed by atoms with Crippen LogP contribution in [-0.4, -0.2) is 16.0 Å². The minimum Gasteiger partial charge on any atom is -0.489 e. The molecule has 29 heavy (non-hydrogen) atoms. The molecule has 0 saturated carbocycles. The average molecular weight is 385 g/mol. The van der Waals surface area contributed by atoms with E-state index in [2.05, 4.69) is 15.5 Å². The van der Waals surface area contributed by atoms with Gasteiger partial charge >= 0.3 is 0 Å². The Bertz CT molecular complexity index is 1120. The second-order valence-corrected chi connectivity index (χ2v) is 6.45. The lowest BCUT2D eigenvalue weighted by atomic mass is 10.1. The molecule has 3 aromatic carbocycles. The largest absolute Gasteiger partial charge is 0.489 e. The number of carbonyl (C=O) groups excluding carboxylic acids is 1. The lowest BCUT2D eigenvalue weighted by Crippen LogP contribution is -2.12. The highest BCUT2D eigenvalue weighted by Gasteiger charge is 2.14. The molecule has 0 aliphatic heterocycles. The maximum absolute atomic E-state index is 12.8. The van der Waals surface area contributed by atoms with Crippen molar-refractivity contribution in [2.45, 2.75) is 13.5 Å². The maximum Gasteiger partial charge on any atom is 0.260 e. The molecule has 1 amide bonds. The Morgan fingerprint density at radius 3 is 2.59 bits per heavy atom. The van der Waals surface area contributed by atoms with E-state index in [1.807, 2.05) is 54.6 Å².